The standard InChI is InChI=1S/C12H7F3N4S/c13-7-3-6(4-8(14)9(7)15)11-18-19-10(5-1-2-5)16-17-12(19)20-11/h3-5H,1-2H2. The fourth-order valence-electron chi connectivity index (χ4n) is 2.02. The lowest BCUT2D eigenvalue weighted by Crippen LogP contribution is -1.95. The Hall–Kier alpha value is -1.96. The molecule has 0 amide bonds. The van der Waals surface area contributed by atoms with Crippen LogP contribution in [0.2, 0.25) is 0 Å². The van der Waals surface area contributed by atoms with Crippen molar-refractivity contribution in [2.24, 2.45) is 0 Å². The number of halogens is 3. The van der Waals surface area contributed by atoms with Gasteiger partial charge in [-0.2, -0.15) is 9.61 Å². The molecule has 1 fully saturated rings. The molecule has 20 heavy (non-hydrogen) atoms. The van der Waals surface area contributed by atoms with Crippen LogP contribution in [0.4, 0.5) is 13.2 Å². The van der Waals surface area contributed by atoms with Gasteiger partial charge in [-0.15, -0.1) is 10.2 Å². The predicted octanol–water partition coefficient (Wildman–Crippen LogP) is 3.15. The number of aromatic nitrogens is 4. The van der Waals surface area contributed by atoms with Crippen LogP contribution in [0.15, 0.2) is 12.1 Å². The van der Waals surface area contributed by atoms with Crippen LogP contribution in [0.1, 0.15) is 24.6 Å². The summed E-state index contributed by atoms with van der Waals surface area (Å²) in [4.78, 5) is 0.562. The molecule has 0 bridgehead atoms. The van der Waals surface area contributed by atoms with E-state index < -0.39 is 17.5 Å². The topological polar surface area (TPSA) is 43.1 Å². The highest BCUT2D eigenvalue weighted by atomic mass is 32.1. The minimum absolute atomic E-state index is 0.193. The second-order valence-corrected chi connectivity index (χ2v) is 5.64. The van der Waals surface area contributed by atoms with Crippen LogP contribution in [-0.4, -0.2) is 19.8 Å². The lowest BCUT2D eigenvalue weighted by Gasteiger charge is -1.99. The second-order valence-electron chi connectivity index (χ2n) is 4.69. The molecule has 0 atom stereocenters. The first-order valence-corrected chi connectivity index (χ1v) is 6.82. The Kier molecular flexibility index (Phi) is 2.38. The van der Waals surface area contributed by atoms with Crippen molar-refractivity contribution in [3.8, 4) is 10.6 Å². The van der Waals surface area contributed by atoms with Gasteiger partial charge in [0.1, 0.15) is 5.01 Å². The molecule has 0 unspecified atom stereocenters. The monoisotopic (exact) mass is 296 g/mol. The zero-order chi connectivity index (χ0) is 13.9. The summed E-state index contributed by atoms with van der Waals surface area (Å²) in [5, 5.41) is 12.7. The van der Waals surface area contributed by atoms with Crippen LogP contribution in [0.25, 0.3) is 15.5 Å². The van der Waals surface area contributed by atoms with Crippen molar-refractivity contribution >= 4 is 16.3 Å². The van der Waals surface area contributed by atoms with Gasteiger partial charge in [-0.3, -0.25) is 0 Å². The molecule has 2 aromatic heterocycles. The number of fused-ring (bicyclic) bond motifs is 1. The summed E-state index contributed by atoms with van der Waals surface area (Å²) < 4.78 is 41.1. The van der Waals surface area contributed by atoms with E-state index in [4.69, 9.17) is 0 Å². The molecular formula is C12H7F3N4S. The van der Waals surface area contributed by atoms with E-state index in [2.05, 4.69) is 15.3 Å². The summed E-state index contributed by atoms with van der Waals surface area (Å²) in [5.74, 6) is -2.80. The molecule has 1 saturated carbocycles. The van der Waals surface area contributed by atoms with Crippen LogP contribution < -0.4 is 0 Å². The maximum atomic E-state index is 13.3. The van der Waals surface area contributed by atoms with Gasteiger partial charge in [-0.25, -0.2) is 13.2 Å². The van der Waals surface area contributed by atoms with Crippen LogP contribution in [0.3, 0.4) is 0 Å². The van der Waals surface area contributed by atoms with Gasteiger partial charge in [0, 0.05) is 11.5 Å². The molecule has 1 aromatic carbocycles. The Morgan fingerprint density at radius 1 is 1.10 bits per heavy atom. The highest BCUT2D eigenvalue weighted by Crippen LogP contribution is 2.40. The molecule has 102 valence electrons. The van der Waals surface area contributed by atoms with Crippen molar-refractivity contribution in [3.05, 3.63) is 35.4 Å². The van der Waals surface area contributed by atoms with Crippen LogP contribution in [0.5, 0.6) is 0 Å². The Morgan fingerprint density at radius 2 is 1.80 bits per heavy atom. The molecular weight excluding hydrogens is 289 g/mol. The Bertz CT molecular complexity index is 798. The molecule has 0 spiro atoms. The zero-order valence-corrected chi connectivity index (χ0v) is 10.8. The molecule has 1 aliphatic rings. The zero-order valence-electron chi connectivity index (χ0n) is 9.98. The molecule has 0 saturated heterocycles. The van der Waals surface area contributed by atoms with E-state index in [0.717, 1.165) is 42.1 Å². The van der Waals surface area contributed by atoms with Crippen LogP contribution in [-0.2, 0) is 0 Å². The fourth-order valence-corrected chi connectivity index (χ4v) is 2.86. The van der Waals surface area contributed by atoms with E-state index in [1.165, 1.54) is 0 Å². The van der Waals surface area contributed by atoms with Crippen molar-refractivity contribution in [2.45, 2.75) is 18.8 Å². The van der Waals surface area contributed by atoms with E-state index in [0.29, 0.717) is 15.9 Å². The van der Waals surface area contributed by atoms with Gasteiger partial charge in [0.15, 0.2) is 23.3 Å². The largest absolute Gasteiger partial charge is 0.234 e. The van der Waals surface area contributed by atoms with E-state index in [1.807, 2.05) is 0 Å². The Labute approximate surface area is 114 Å². The quantitative estimate of drug-likeness (QED) is 0.682. The summed E-state index contributed by atoms with van der Waals surface area (Å²) in [6.07, 6.45) is 2.10. The normalized spacial score (nSPS) is 15.2. The van der Waals surface area contributed by atoms with E-state index in [-0.39, 0.29) is 5.56 Å². The van der Waals surface area contributed by atoms with Gasteiger partial charge in [-0.1, -0.05) is 11.3 Å². The summed E-state index contributed by atoms with van der Waals surface area (Å²) in [5.41, 5.74) is 0.193. The summed E-state index contributed by atoms with van der Waals surface area (Å²) in [6, 6.07) is 1.86. The van der Waals surface area contributed by atoms with Crippen molar-refractivity contribution in [1.82, 2.24) is 19.8 Å². The van der Waals surface area contributed by atoms with Gasteiger partial charge in [0.2, 0.25) is 4.96 Å². The molecule has 2 heterocycles. The third-order valence-electron chi connectivity index (χ3n) is 3.19. The van der Waals surface area contributed by atoms with Gasteiger partial charge in [0.05, 0.1) is 0 Å². The smallest absolute Gasteiger partial charge is 0.204 e. The molecule has 0 N–H and O–H groups in total. The number of hydrogen-bond donors (Lipinski definition) is 0. The predicted molar refractivity (Wildman–Crippen MR) is 65.9 cm³/mol. The summed E-state index contributed by atoms with van der Waals surface area (Å²) >= 11 is 1.16. The Balaban J connectivity index is 1.85. The van der Waals surface area contributed by atoms with Crippen molar-refractivity contribution in [3.63, 3.8) is 0 Å². The lowest BCUT2D eigenvalue weighted by atomic mass is 10.2. The van der Waals surface area contributed by atoms with E-state index in [1.54, 1.807) is 4.52 Å². The van der Waals surface area contributed by atoms with Crippen LogP contribution in [0, 0.1) is 17.5 Å². The third kappa shape index (κ3) is 1.71. The first-order valence-electron chi connectivity index (χ1n) is 6.00. The highest BCUT2D eigenvalue weighted by molar-refractivity contribution is 7.19. The summed E-state index contributed by atoms with van der Waals surface area (Å²) in [7, 11) is 0. The minimum atomic E-state index is -1.48. The number of rotatable bonds is 2. The molecule has 4 nitrogen and oxygen atoms in total. The molecule has 3 aromatic rings. The highest BCUT2D eigenvalue weighted by Gasteiger charge is 2.30. The van der Waals surface area contributed by atoms with Gasteiger partial charge in [0.25, 0.3) is 0 Å². The van der Waals surface area contributed by atoms with Crippen molar-refractivity contribution < 1.29 is 13.2 Å². The molecule has 1 aliphatic carbocycles. The number of nitrogens with zero attached hydrogens (tertiary/aromatic N) is 4. The number of hydrogen-bond acceptors (Lipinski definition) is 4. The Morgan fingerprint density at radius 3 is 2.45 bits per heavy atom. The average molecular weight is 296 g/mol. The van der Waals surface area contributed by atoms with Gasteiger partial charge in [-0.05, 0) is 25.0 Å². The average Bonchev–Trinajstić information content (AvgIpc) is 3.04. The first-order chi connectivity index (χ1) is 9.63. The van der Waals surface area contributed by atoms with Crippen molar-refractivity contribution in [1.29, 1.82) is 0 Å². The van der Waals surface area contributed by atoms with E-state index in [9.17, 15) is 13.2 Å². The SMILES string of the molecule is Fc1cc(-c2nn3c(C4CC4)nnc3s2)cc(F)c1F. The lowest BCUT2D eigenvalue weighted by molar-refractivity contribution is 0.447. The van der Waals surface area contributed by atoms with Gasteiger partial charge >= 0.3 is 0 Å². The van der Waals surface area contributed by atoms with E-state index >= 15 is 0 Å². The minimum Gasteiger partial charge on any atom is -0.204 e. The first kappa shape index (κ1) is 11.8. The van der Waals surface area contributed by atoms with Crippen LogP contribution >= 0.6 is 11.3 Å². The fraction of sp³-hybridized carbons (Fsp3) is 0.250. The molecule has 8 heteroatoms. The maximum Gasteiger partial charge on any atom is 0.234 e. The second kappa shape index (κ2) is 4.02. The number of benzene rings is 1. The third-order valence-corrected chi connectivity index (χ3v) is 4.14. The molecule has 4 rings (SSSR count). The van der Waals surface area contributed by atoms with Crippen molar-refractivity contribution in [2.75, 3.05) is 0 Å². The molecule has 0 aliphatic heterocycles. The molecule has 0 radical (unpaired) electrons. The maximum absolute atomic E-state index is 13.3. The van der Waals surface area contributed by atoms with Gasteiger partial charge < -0.3 is 0 Å². The summed E-state index contributed by atoms with van der Waals surface area (Å²) in [6.45, 7) is 0.